The standard InChI is InChI=1S/C15H17BrN2OS/c1-10(8-17)9-18-15(19)14-7-6-13(20-14)11-2-4-12(16)5-3-11/h2-7,10H,8-9,17H2,1H3,(H,18,19). The third-order valence-electron chi connectivity index (χ3n) is 2.97. The molecule has 1 aromatic heterocycles. The zero-order chi connectivity index (χ0) is 14.5. The van der Waals surface area contributed by atoms with Crippen molar-refractivity contribution in [3.63, 3.8) is 0 Å². The van der Waals surface area contributed by atoms with Crippen LogP contribution in [0.3, 0.4) is 0 Å². The number of halogens is 1. The molecule has 1 amide bonds. The van der Waals surface area contributed by atoms with Gasteiger partial charge >= 0.3 is 0 Å². The lowest BCUT2D eigenvalue weighted by Gasteiger charge is -2.08. The molecule has 2 rings (SSSR count). The number of carbonyl (C=O) groups excluding carboxylic acids is 1. The molecule has 0 aliphatic rings. The highest BCUT2D eigenvalue weighted by Gasteiger charge is 2.11. The van der Waals surface area contributed by atoms with E-state index in [4.69, 9.17) is 5.73 Å². The van der Waals surface area contributed by atoms with Crippen molar-refractivity contribution >= 4 is 33.2 Å². The molecule has 1 heterocycles. The Kier molecular flexibility index (Phi) is 5.34. The minimum absolute atomic E-state index is 0.0290. The Bertz CT molecular complexity index is 580. The van der Waals surface area contributed by atoms with Crippen molar-refractivity contribution < 1.29 is 4.79 Å². The van der Waals surface area contributed by atoms with E-state index in [2.05, 4.69) is 21.2 Å². The van der Waals surface area contributed by atoms with E-state index in [1.165, 1.54) is 11.3 Å². The topological polar surface area (TPSA) is 55.1 Å². The van der Waals surface area contributed by atoms with E-state index in [0.717, 1.165) is 19.8 Å². The van der Waals surface area contributed by atoms with Gasteiger partial charge in [-0.15, -0.1) is 11.3 Å². The summed E-state index contributed by atoms with van der Waals surface area (Å²) in [4.78, 5) is 13.8. The van der Waals surface area contributed by atoms with E-state index < -0.39 is 0 Å². The minimum Gasteiger partial charge on any atom is -0.351 e. The first-order chi connectivity index (χ1) is 9.60. The minimum atomic E-state index is -0.0290. The van der Waals surface area contributed by atoms with E-state index >= 15 is 0 Å². The average Bonchev–Trinajstić information content (AvgIpc) is 2.95. The van der Waals surface area contributed by atoms with Gasteiger partial charge in [-0.2, -0.15) is 0 Å². The molecule has 0 saturated carbocycles. The molecule has 5 heteroatoms. The van der Waals surface area contributed by atoms with Gasteiger partial charge in [0.25, 0.3) is 5.91 Å². The molecule has 0 spiro atoms. The SMILES string of the molecule is CC(CN)CNC(=O)c1ccc(-c2ccc(Br)cc2)s1. The zero-order valence-corrected chi connectivity index (χ0v) is 13.6. The van der Waals surface area contributed by atoms with Gasteiger partial charge in [0.15, 0.2) is 0 Å². The monoisotopic (exact) mass is 352 g/mol. The van der Waals surface area contributed by atoms with Gasteiger partial charge in [0, 0.05) is 15.9 Å². The van der Waals surface area contributed by atoms with Crippen LogP contribution < -0.4 is 11.1 Å². The Morgan fingerprint density at radius 1 is 1.30 bits per heavy atom. The van der Waals surface area contributed by atoms with Crippen LogP contribution in [-0.4, -0.2) is 19.0 Å². The van der Waals surface area contributed by atoms with Gasteiger partial charge in [-0.1, -0.05) is 35.0 Å². The molecule has 0 aliphatic heterocycles. The number of benzene rings is 1. The highest BCUT2D eigenvalue weighted by molar-refractivity contribution is 9.10. The second kappa shape index (κ2) is 7.02. The maximum Gasteiger partial charge on any atom is 0.261 e. The molecule has 0 bridgehead atoms. The molecular formula is C15H17BrN2OS. The Hall–Kier alpha value is -1.17. The number of rotatable bonds is 5. The lowest BCUT2D eigenvalue weighted by Crippen LogP contribution is -2.30. The highest BCUT2D eigenvalue weighted by atomic mass is 79.9. The predicted octanol–water partition coefficient (Wildman–Crippen LogP) is 3.50. The van der Waals surface area contributed by atoms with Crippen molar-refractivity contribution in [2.24, 2.45) is 11.7 Å². The summed E-state index contributed by atoms with van der Waals surface area (Å²) in [5.41, 5.74) is 6.65. The summed E-state index contributed by atoms with van der Waals surface area (Å²) in [5.74, 6) is 0.267. The maximum absolute atomic E-state index is 12.0. The predicted molar refractivity (Wildman–Crippen MR) is 88.0 cm³/mol. The van der Waals surface area contributed by atoms with Crippen molar-refractivity contribution in [3.05, 3.63) is 45.7 Å². The van der Waals surface area contributed by atoms with E-state index in [1.807, 2.05) is 43.3 Å². The van der Waals surface area contributed by atoms with Crippen molar-refractivity contribution in [3.8, 4) is 10.4 Å². The summed E-state index contributed by atoms with van der Waals surface area (Å²) in [7, 11) is 0. The number of carbonyl (C=O) groups is 1. The second-order valence-corrected chi connectivity index (χ2v) is 6.72. The summed E-state index contributed by atoms with van der Waals surface area (Å²) in [5, 5.41) is 2.91. The molecular weight excluding hydrogens is 336 g/mol. The lowest BCUT2D eigenvalue weighted by atomic mass is 10.2. The van der Waals surface area contributed by atoms with Gasteiger partial charge < -0.3 is 11.1 Å². The summed E-state index contributed by atoms with van der Waals surface area (Å²) in [6.07, 6.45) is 0. The second-order valence-electron chi connectivity index (χ2n) is 4.72. The van der Waals surface area contributed by atoms with Crippen molar-refractivity contribution in [2.45, 2.75) is 6.92 Å². The Labute approximate surface area is 131 Å². The van der Waals surface area contributed by atoms with Crippen LogP contribution in [0, 0.1) is 5.92 Å². The van der Waals surface area contributed by atoms with Gasteiger partial charge in [-0.25, -0.2) is 0 Å². The van der Waals surface area contributed by atoms with Gasteiger partial charge in [0.2, 0.25) is 0 Å². The molecule has 3 nitrogen and oxygen atoms in total. The summed E-state index contributed by atoms with van der Waals surface area (Å²) in [6.45, 7) is 3.21. The highest BCUT2D eigenvalue weighted by Crippen LogP contribution is 2.29. The summed E-state index contributed by atoms with van der Waals surface area (Å²) >= 11 is 4.92. The van der Waals surface area contributed by atoms with Crippen molar-refractivity contribution in [2.75, 3.05) is 13.1 Å². The summed E-state index contributed by atoms with van der Waals surface area (Å²) in [6, 6.07) is 11.9. The molecule has 3 N–H and O–H groups in total. The van der Waals surface area contributed by atoms with Crippen LogP contribution in [0.15, 0.2) is 40.9 Å². The largest absolute Gasteiger partial charge is 0.351 e. The van der Waals surface area contributed by atoms with Crippen LogP contribution in [-0.2, 0) is 0 Å². The molecule has 0 saturated heterocycles. The number of nitrogens with two attached hydrogens (primary N) is 1. The molecule has 106 valence electrons. The molecule has 1 unspecified atom stereocenters. The summed E-state index contributed by atoms with van der Waals surface area (Å²) < 4.78 is 1.05. The third kappa shape index (κ3) is 3.91. The molecule has 1 atom stereocenters. The Morgan fingerprint density at radius 3 is 2.65 bits per heavy atom. The first-order valence-electron chi connectivity index (χ1n) is 6.44. The number of hydrogen-bond acceptors (Lipinski definition) is 3. The van der Waals surface area contributed by atoms with E-state index in [-0.39, 0.29) is 5.91 Å². The van der Waals surface area contributed by atoms with Crippen molar-refractivity contribution in [1.29, 1.82) is 0 Å². The van der Waals surface area contributed by atoms with Crippen LogP contribution in [0.25, 0.3) is 10.4 Å². The number of hydrogen-bond donors (Lipinski definition) is 2. The number of amides is 1. The molecule has 0 aliphatic carbocycles. The van der Waals surface area contributed by atoms with E-state index in [0.29, 0.717) is 19.0 Å². The molecule has 0 fully saturated rings. The normalized spacial score (nSPS) is 12.2. The van der Waals surface area contributed by atoms with E-state index in [1.54, 1.807) is 0 Å². The fourth-order valence-electron chi connectivity index (χ4n) is 1.67. The first kappa shape index (κ1) is 15.2. The Morgan fingerprint density at radius 2 is 2.00 bits per heavy atom. The average molecular weight is 353 g/mol. The van der Waals surface area contributed by atoms with Crippen LogP contribution >= 0.6 is 27.3 Å². The Balaban J connectivity index is 2.05. The van der Waals surface area contributed by atoms with E-state index in [9.17, 15) is 4.79 Å². The quantitative estimate of drug-likeness (QED) is 0.864. The van der Waals surface area contributed by atoms with Crippen LogP contribution in [0.4, 0.5) is 0 Å². The van der Waals surface area contributed by atoms with Crippen LogP contribution in [0.5, 0.6) is 0 Å². The fourth-order valence-corrected chi connectivity index (χ4v) is 2.86. The maximum atomic E-state index is 12.0. The third-order valence-corrected chi connectivity index (χ3v) is 4.63. The van der Waals surface area contributed by atoms with Crippen LogP contribution in [0.1, 0.15) is 16.6 Å². The smallest absolute Gasteiger partial charge is 0.261 e. The molecule has 1 aromatic carbocycles. The zero-order valence-electron chi connectivity index (χ0n) is 11.2. The number of nitrogens with one attached hydrogen (secondary N) is 1. The van der Waals surface area contributed by atoms with Gasteiger partial charge in [0.05, 0.1) is 4.88 Å². The molecule has 20 heavy (non-hydrogen) atoms. The first-order valence-corrected chi connectivity index (χ1v) is 8.05. The lowest BCUT2D eigenvalue weighted by molar-refractivity contribution is 0.0952. The van der Waals surface area contributed by atoms with Crippen molar-refractivity contribution in [1.82, 2.24) is 5.32 Å². The molecule has 2 aromatic rings. The van der Waals surface area contributed by atoms with Crippen LogP contribution in [0.2, 0.25) is 0 Å². The van der Waals surface area contributed by atoms with Gasteiger partial charge in [-0.05, 0) is 42.3 Å². The fraction of sp³-hybridized carbons (Fsp3) is 0.267. The van der Waals surface area contributed by atoms with Gasteiger partial charge in [0.1, 0.15) is 0 Å². The number of thiophene rings is 1. The van der Waals surface area contributed by atoms with Gasteiger partial charge in [-0.3, -0.25) is 4.79 Å². The molecule has 0 radical (unpaired) electrons.